The molecule has 2 heterocycles. The lowest BCUT2D eigenvalue weighted by atomic mass is 9.96. The third kappa shape index (κ3) is 3.05. The van der Waals surface area contributed by atoms with Crippen LogP contribution in [-0.4, -0.2) is 15.1 Å². The van der Waals surface area contributed by atoms with E-state index in [1.165, 1.54) is 24.0 Å². The molecular formula is C22H20N4O. The lowest BCUT2D eigenvalue weighted by Gasteiger charge is -2.19. The van der Waals surface area contributed by atoms with Crippen molar-refractivity contribution in [1.82, 2.24) is 15.1 Å². The average molecular weight is 356 g/mol. The van der Waals surface area contributed by atoms with Crippen molar-refractivity contribution in [3.05, 3.63) is 71.4 Å². The van der Waals surface area contributed by atoms with Crippen molar-refractivity contribution in [2.24, 2.45) is 0 Å². The molecule has 5 heteroatoms. The van der Waals surface area contributed by atoms with Gasteiger partial charge in [0.05, 0.1) is 5.39 Å². The van der Waals surface area contributed by atoms with Gasteiger partial charge in [-0.1, -0.05) is 47.6 Å². The summed E-state index contributed by atoms with van der Waals surface area (Å²) in [7, 11) is 0. The van der Waals surface area contributed by atoms with E-state index in [9.17, 15) is 0 Å². The van der Waals surface area contributed by atoms with Gasteiger partial charge < -0.3 is 9.84 Å². The van der Waals surface area contributed by atoms with Gasteiger partial charge in [0.1, 0.15) is 11.3 Å². The monoisotopic (exact) mass is 356 g/mol. The van der Waals surface area contributed by atoms with E-state index in [2.05, 4.69) is 34.7 Å². The summed E-state index contributed by atoms with van der Waals surface area (Å²) in [6.07, 6.45) is 4.35. The van der Waals surface area contributed by atoms with E-state index in [1.807, 2.05) is 30.3 Å². The predicted molar refractivity (Wildman–Crippen MR) is 105 cm³/mol. The van der Waals surface area contributed by atoms with Crippen LogP contribution in [0.2, 0.25) is 0 Å². The Kier molecular flexibility index (Phi) is 4.05. The summed E-state index contributed by atoms with van der Waals surface area (Å²) < 4.78 is 5.61. The van der Waals surface area contributed by atoms with Crippen molar-refractivity contribution in [1.29, 1.82) is 0 Å². The third-order valence-electron chi connectivity index (χ3n) is 5.07. The first-order valence-electron chi connectivity index (χ1n) is 9.41. The number of nitrogens with zero attached hydrogens (tertiary/aromatic N) is 3. The van der Waals surface area contributed by atoms with Crippen molar-refractivity contribution in [2.75, 3.05) is 5.32 Å². The Morgan fingerprint density at radius 1 is 0.889 bits per heavy atom. The fraction of sp³-hybridized carbons (Fsp3) is 0.227. The van der Waals surface area contributed by atoms with Crippen LogP contribution in [0.3, 0.4) is 0 Å². The van der Waals surface area contributed by atoms with E-state index >= 15 is 0 Å². The molecule has 2 aromatic heterocycles. The van der Waals surface area contributed by atoms with Crippen molar-refractivity contribution in [3.8, 4) is 11.6 Å². The molecule has 0 amide bonds. The van der Waals surface area contributed by atoms with E-state index in [0.717, 1.165) is 41.8 Å². The first kappa shape index (κ1) is 16.0. The minimum Gasteiger partial charge on any atom is -0.366 e. The van der Waals surface area contributed by atoms with Gasteiger partial charge in [-0.15, -0.1) is 0 Å². The molecule has 0 unspecified atom stereocenters. The van der Waals surface area contributed by atoms with Gasteiger partial charge in [-0.05, 0) is 43.4 Å². The molecule has 27 heavy (non-hydrogen) atoms. The summed E-state index contributed by atoms with van der Waals surface area (Å²) in [4.78, 5) is 9.67. The fourth-order valence-electron chi connectivity index (χ4n) is 3.67. The minimum atomic E-state index is 0.611. The highest BCUT2D eigenvalue weighted by Gasteiger charge is 2.21. The zero-order valence-electron chi connectivity index (χ0n) is 15.0. The molecule has 0 radical (unpaired) electrons. The molecule has 0 saturated heterocycles. The maximum absolute atomic E-state index is 5.61. The molecule has 1 N–H and O–H groups in total. The Morgan fingerprint density at radius 2 is 1.70 bits per heavy atom. The average Bonchev–Trinajstić information content (AvgIpc) is 3.17. The molecule has 4 aromatic rings. The highest BCUT2D eigenvalue weighted by Crippen LogP contribution is 2.31. The standard InChI is InChI=1S/C22H20N4O/c1-2-8-15(9-3-1)14-23-21-17-11-5-6-12-18(17)24-22(25-21)20-16-10-4-7-13-19(16)26-27-20/h1-4,7-10,13H,5-6,11-12,14H2,(H,23,24,25). The number of hydrogen-bond acceptors (Lipinski definition) is 5. The molecule has 1 aliphatic rings. The molecule has 0 fully saturated rings. The highest BCUT2D eigenvalue weighted by atomic mass is 16.5. The second-order valence-electron chi connectivity index (χ2n) is 6.90. The quantitative estimate of drug-likeness (QED) is 0.570. The maximum atomic E-state index is 5.61. The second kappa shape index (κ2) is 6.83. The number of aryl methyl sites for hydroxylation is 1. The zero-order chi connectivity index (χ0) is 18.1. The van der Waals surface area contributed by atoms with Crippen molar-refractivity contribution in [3.63, 3.8) is 0 Å². The number of anilines is 1. The van der Waals surface area contributed by atoms with Gasteiger partial charge in [0.2, 0.25) is 11.6 Å². The van der Waals surface area contributed by atoms with Crippen LogP contribution in [-0.2, 0) is 19.4 Å². The molecule has 1 aliphatic carbocycles. The molecule has 5 nitrogen and oxygen atoms in total. The van der Waals surface area contributed by atoms with Crippen LogP contribution in [0.25, 0.3) is 22.5 Å². The van der Waals surface area contributed by atoms with E-state index in [-0.39, 0.29) is 0 Å². The number of benzene rings is 2. The van der Waals surface area contributed by atoms with Crippen LogP contribution < -0.4 is 5.32 Å². The lowest BCUT2D eigenvalue weighted by Crippen LogP contribution is -2.13. The summed E-state index contributed by atoms with van der Waals surface area (Å²) in [5.74, 6) is 2.17. The Hall–Kier alpha value is -3.21. The van der Waals surface area contributed by atoms with Gasteiger partial charge in [-0.2, -0.15) is 0 Å². The second-order valence-corrected chi connectivity index (χ2v) is 6.90. The largest absolute Gasteiger partial charge is 0.366 e. The molecule has 0 atom stereocenters. The van der Waals surface area contributed by atoms with E-state index in [0.29, 0.717) is 11.6 Å². The molecule has 2 aromatic carbocycles. The normalized spacial score (nSPS) is 13.5. The van der Waals surface area contributed by atoms with Crippen LogP contribution in [0.5, 0.6) is 0 Å². The van der Waals surface area contributed by atoms with Gasteiger partial charge in [0, 0.05) is 17.8 Å². The van der Waals surface area contributed by atoms with E-state index in [4.69, 9.17) is 14.5 Å². The van der Waals surface area contributed by atoms with Gasteiger partial charge in [-0.3, -0.25) is 0 Å². The van der Waals surface area contributed by atoms with Crippen LogP contribution in [0.15, 0.2) is 59.1 Å². The molecule has 0 spiro atoms. The Bertz CT molecular complexity index is 1090. The molecule has 5 rings (SSSR count). The summed E-state index contributed by atoms with van der Waals surface area (Å²) >= 11 is 0. The predicted octanol–water partition coefficient (Wildman–Crippen LogP) is 4.78. The van der Waals surface area contributed by atoms with Crippen LogP contribution >= 0.6 is 0 Å². The molecular weight excluding hydrogens is 336 g/mol. The SMILES string of the molecule is c1ccc(CNc2nc(-c3onc4ccccc34)nc3c2CCCC3)cc1. The summed E-state index contributed by atoms with van der Waals surface area (Å²) in [6, 6.07) is 18.2. The van der Waals surface area contributed by atoms with Gasteiger partial charge in [0.15, 0.2) is 0 Å². The summed E-state index contributed by atoms with van der Waals surface area (Å²) in [5.41, 5.74) is 4.42. The minimum absolute atomic E-state index is 0.611. The van der Waals surface area contributed by atoms with Gasteiger partial charge >= 0.3 is 0 Å². The van der Waals surface area contributed by atoms with Gasteiger partial charge in [0.25, 0.3) is 0 Å². The number of nitrogens with one attached hydrogen (secondary N) is 1. The number of aromatic nitrogens is 3. The molecule has 0 saturated carbocycles. The summed E-state index contributed by atoms with van der Waals surface area (Å²) in [6.45, 7) is 0.737. The Labute approximate surface area is 157 Å². The fourth-order valence-corrected chi connectivity index (χ4v) is 3.67. The Balaban J connectivity index is 1.56. The van der Waals surface area contributed by atoms with Gasteiger partial charge in [-0.25, -0.2) is 9.97 Å². The van der Waals surface area contributed by atoms with Crippen molar-refractivity contribution < 1.29 is 4.52 Å². The molecule has 0 bridgehead atoms. The van der Waals surface area contributed by atoms with Crippen LogP contribution in [0, 0.1) is 0 Å². The van der Waals surface area contributed by atoms with Crippen LogP contribution in [0.1, 0.15) is 29.7 Å². The van der Waals surface area contributed by atoms with E-state index in [1.54, 1.807) is 0 Å². The Morgan fingerprint density at radius 3 is 2.63 bits per heavy atom. The molecule has 0 aliphatic heterocycles. The summed E-state index contributed by atoms with van der Waals surface area (Å²) in [5, 5.41) is 8.63. The van der Waals surface area contributed by atoms with Crippen molar-refractivity contribution in [2.45, 2.75) is 32.2 Å². The zero-order valence-corrected chi connectivity index (χ0v) is 15.0. The number of rotatable bonds is 4. The third-order valence-corrected chi connectivity index (χ3v) is 5.07. The van der Waals surface area contributed by atoms with E-state index < -0.39 is 0 Å². The lowest BCUT2D eigenvalue weighted by molar-refractivity contribution is 0.437. The number of hydrogen-bond donors (Lipinski definition) is 1. The maximum Gasteiger partial charge on any atom is 0.212 e. The number of fused-ring (bicyclic) bond motifs is 2. The topological polar surface area (TPSA) is 63.8 Å². The highest BCUT2D eigenvalue weighted by molar-refractivity contribution is 5.89. The molecule has 134 valence electrons. The van der Waals surface area contributed by atoms with Crippen LogP contribution in [0.4, 0.5) is 5.82 Å². The first-order valence-corrected chi connectivity index (χ1v) is 9.41. The smallest absolute Gasteiger partial charge is 0.212 e. The first-order chi connectivity index (χ1) is 13.4. The van der Waals surface area contributed by atoms with Crippen molar-refractivity contribution >= 4 is 16.7 Å².